The van der Waals surface area contributed by atoms with Crippen LogP contribution in [0.4, 0.5) is 5.69 Å². The van der Waals surface area contributed by atoms with Crippen LogP contribution in [0.1, 0.15) is 43.6 Å². The third kappa shape index (κ3) is 4.24. The van der Waals surface area contributed by atoms with E-state index in [-0.39, 0.29) is 13.3 Å². The molecule has 0 radical (unpaired) electrons. The summed E-state index contributed by atoms with van der Waals surface area (Å²) in [5.41, 5.74) is 6.41. The molecule has 0 unspecified atom stereocenters. The van der Waals surface area contributed by atoms with Crippen molar-refractivity contribution >= 4 is 22.5 Å². The van der Waals surface area contributed by atoms with Gasteiger partial charge < -0.3 is 9.47 Å². The first-order valence-electron chi connectivity index (χ1n) is 11.2. The molecule has 1 amide bonds. The van der Waals surface area contributed by atoms with Crippen molar-refractivity contribution in [3.05, 3.63) is 59.5 Å². The third-order valence-electron chi connectivity index (χ3n) is 6.78. The molecule has 5 heteroatoms. The Morgan fingerprint density at radius 2 is 1.90 bits per heavy atom. The van der Waals surface area contributed by atoms with E-state index >= 15 is 0 Å². The number of anilines is 1. The molecule has 1 aromatic carbocycles. The first-order valence-corrected chi connectivity index (χ1v) is 11.2. The maximum atomic E-state index is 12.9. The number of carbonyl (C=O) groups excluding carboxylic acids is 1. The number of hydrogen-bond acceptors (Lipinski definition) is 3. The normalized spacial score (nSPS) is 17.3. The van der Waals surface area contributed by atoms with Crippen LogP contribution in [-0.2, 0) is 31.1 Å². The molecule has 1 saturated heterocycles. The molecule has 1 aliphatic carbocycles. The molecule has 0 bridgehead atoms. The van der Waals surface area contributed by atoms with Crippen molar-refractivity contribution < 1.29 is 4.79 Å². The SMILES string of the molecule is C.Cn1c2c(c3ccc(N4CCN(CCc5ccccn5)CC4=O)cc31)CCCCC2. The number of hydrogen-bond donors (Lipinski definition) is 0. The van der Waals surface area contributed by atoms with Crippen LogP contribution < -0.4 is 4.90 Å². The predicted molar refractivity (Wildman–Crippen MR) is 128 cm³/mol. The van der Waals surface area contributed by atoms with Crippen molar-refractivity contribution in [1.29, 1.82) is 0 Å². The zero-order valence-electron chi connectivity index (χ0n) is 17.8. The van der Waals surface area contributed by atoms with Crippen molar-refractivity contribution in [3.63, 3.8) is 0 Å². The molecule has 3 aromatic rings. The standard InChI is InChI=1S/C25H30N4O.CH4/c1-27-23-9-4-2-3-8-21(23)22-11-10-20(17-24(22)27)29-16-15-28(18-25(29)30)14-12-19-7-5-6-13-26-19;/h5-7,10-11,13,17H,2-4,8-9,12,14-16,18H2,1H3;1H4. The summed E-state index contributed by atoms with van der Waals surface area (Å²) in [5.74, 6) is 0.192. The molecule has 2 aromatic heterocycles. The van der Waals surface area contributed by atoms with Crippen LogP contribution in [0, 0.1) is 0 Å². The number of piperazine rings is 1. The number of nitrogens with zero attached hydrogens (tertiary/aromatic N) is 4. The van der Waals surface area contributed by atoms with Crippen molar-refractivity contribution in [2.75, 3.05) is 31.1 Å². The number of carbonyl (C=O) groups is 1. The molecule has 3 heterocycles. The van der Waals surface area contributed by atoms with Crippen LogP contribution in [0.15, 0.2) is 42.6 Å². The summed E-state index contributed by atoms with van der Waals surface area (Å²) < 4.78 is 2.37. The van der Waals surface area contributed by atoms with Crippen LogP contribution in [0.2, 0.25) is 0 Å². The first kappa shape index (κ1) is 21.6. The summed E-state index contributed by atoms with van der Waals surface area (Å²) in [7, 11) is 2.19. The van der Waals surface area contributed by atoms with Crippen LogP contribution in [-0.4, -0.2) is 46.5 Å². The number of amides is 1. The lowest BCUT2D eigenvalue weighted by atomic mass is 10.1. The molecular weight excluding hydrogens is 384 g/mol. The average Bonchev–Trinajstić information content (AvgIpc) is 2.92. The molecule has 1 fully saturated rings. The van der Waals surface area contributed by atoms with Gasteiger partial charge in [0, 0.05) is 61.8 Å². The lowest BCUT2D eigenvalue weighted by molar-refractivity contribution is -0.121. The fraction of sp³-hybridized carbons (Fsp3) is 0.462. The minimum Gasteiger partial charge on any atom is -0.347 e. The van der Waals surface area contributed by atoms with E-state index in [2.05, 4.69) is 45.8 Å². The Hall–Kier alpha value is -2.66. The predicted octanol–water partition coefficient (Wildman–Crippen LogP) is 4.37. The fourth-order valence-corrected chi connectivity index (χ4v) is 5.10. The maximum Gasteiger partial charge on any atom is 0.241 e. The Labute approximate surface area is 185 Å². The molecule has 164 valence electrons. The summed E-state index contributed by atoms with van der Waals surface area (Å²) in [6.07, 6.45) is 8.96. The summed E-state index contributed by atoms with van der Waals surface area (Å²) in [5, 5.41) is 1.37. The molecule has 5 rings (SSSR count). The molecular formula is C26H34N4O. The monoisotopic (exact) mass is 418 g/mol. The van der Waals surface area contributed by atoms with Crippen LogP contribution in [0.3, 0.4) is 0 Å². The van der Waals surface area contributed by atoms with E-state index in [1.807, 2.05) is 23.2 Å². The lowest BCUT2D eigenvalue weighted by Gasteiger charge is -2.34. The smallest absolute Gasteiger partial charge is 0.241 e. The second kappa shape index (κ2) is 9.23. The van der Waals surface area contributed by atoms with Gasteiger partial charge in [-0.1, -0.05) is 26.0 Å². The number of benzene rings is 1. The number of pyridine rings is 1. The van der Waals surface area contributed by atoms with Gasteiger partial charge in [-0.15, -0.1) is 0 Å². The second-order valence-electron chi connectivity index (χ2n) is 8.64. The Bertz CT molecular complexity index is 1060. The van der Waals surface area contributed by atoms with Gasteiger partial charge in [-0.3, -0.25) is 14.7 Å². The van der Waals surface area contributed by atoms with E-state index in [4.69, 9.17) is 0 Å². The number of aryl methyl sites for hydroxylation is 2. The van der Waals surface area contributed by atoms with E-state index < -0.39 is 0 Å². The lowest BCUT2D eigenvalue weighted by Crippen LogP contribution is -2.50. The van der Waals surface area contributed by atoms with Gasteiger partial charge >= 0.3 is 0 Å². The van der Waals surface area contributed by atoms with Gasteiger partial charge in [0.1, 0.15) is 0 Å². The third-order valence-corrected chi connectivity index (χ3v) is 6.78. The van der Waals surface area contributed by atoms with Gasteiger partial charge in [-0.2, -0.15) is 0 Å². The Morgan fingerprint density at radius 1 is 1.03 bits per heavy atom. The Balaban J connectivity index is 0.00000231. The molecule has 1 aliphatic heterocycles. The summed E-state index contributed by atoms with van der Waals surface area (Å²) in [4.78, 5) is 21.5. The highest BCUT2D eigenvalue weighted by Gasteiger charge is 2.26. The van der Waals surface area contributed by atoms with Gasteiger partial charge in [-0.25, -0.2) is 0 Å². The van der Waals surface area contributed by atoms with Gasteiger partial charge in [0.2, 0.25) is 5.91 Å². The minimum atomic E-state index is 0. The van der Waals surface area contributed by atoms with Gasteiger partial charge in [0.15, 0.2) is 0 Å². The van der Waals surface area contributed by atoms with E-state index in [1.165, 1.54) is 54.3 Å². The highest BCUT2D eigenvalue weighted by molar-refractivity contribution is 5.98. The molecule has 31 heavy (non-hydrogen) atoms. The van der Waals surface area contributed by atoms with Crippen molar-refractivity contribution in [2.45, 2.75) is 46.0 Å². The summed E-state index contributed by atoms with van der Waals surface area (Å²) in [6, 6.07) is 12.6. The quantitative estimate of drug-likeness (QED) is 0.591. The molecule has 0 saturated carbocycles. The zero-order valence-corrected chi connectivity index (χ0v) is 17.8. The summed E-state index contributed by atoms with van der Waals surface area (Å²) >= 11 is 0. The van der Waals surface area contributed by atoms with Gasteiger partial charge in [-0.05, 0) is 55.5 Å². The molecule has 0 spiro atoms. The fourth-order valence-electron chi connectivity index (χ4n) is 5.10. The Kier molecular flexibility index (Phi) is 6.42. The number of aromatic nitrogens is 2. The minimum absolute atomic E-state index is 0. The first-order chi connectivity index (χ1) is 14.7. The highest BCUT2D eigenvalue weighted by Crippen LogP contribution is 2.33. The zero-order chi connectivity index (χ0) is 20.5. The molecule has 5 nitrogen and oxygen atoms in total. The molecule has 0 atom stereocenters. The van der Waals surface area contributed by atoms with Crippen molar-refractivity contribution in [2.24, 2.45) is 7.05 Å². The van der Waals surface area contributed by atoms with Crippen molar-refractivity contribution in [3.8, 4) is 0 Å². The summed E-state index contributed by atoms with van der Waals surface area (Å²) in [6.45, 7) is 3.01. The highest BCUT2D eigenvalue weighted by atomic mass is 16.2. The topological polar surface area (TPSA) is 41.4 Å². The molecule has 2 aliphatic rings. The Morgan fingerprint density at radius 3 is 2.71 bits per heavy atom. The van der Waals surface area contributed by atoms with Crippen LogP contribution in [0.5, 0.6) is 0 Å². The van der Waals surface area contributed by atoms with Crippen LogP contribution >= 0.6 is 0 Å². The van der Waals surface area contributed by atoms with Gasteiger partial charge in [0.05, 0.1) is 12.1 Å². The molecule has 0 N–H and O–H groups in total. The second-order valence-corrected chi connectivity index (χ2v) is 8.64. The van der Waals surface area contributed by atoms with E-state index in [0.717, 1.165) is 37.4 Å². The maximum absolute atomic E-state index is 12.9. The average molecular weight is 419 g/mol. The van der Waals surface area contributed by atoms with E-state index in [1.54, 1.807) is 0 Å². The number of rotatable bonds is 4. The van der Waals surface area contributed by atoms with Gasteiger partial charge in [0.25, 0.3) is 0 Å². The van der Waals surface area contributed by atoms with Crippen LogP contribution in [0.25, 0.3) is 10.9 Å². The largest absolute Gasteiger partial charge is 0.347 e. The van der Waals surface area contributed by atoms with E-state index in [0.29, 0.717) is 6.54 Å². The van der Waals surface area contributed by atoms with Crippen molar-refractivity contribution in [1.82, 2.24) is 14.5 Å². The number of fused-ring (bicyclic) bond motifs is 3. The van der Waals surface area contributed by atoms with E-state index in [9.17, 15) is 4.79 Å².